The second-order valence-corrected chi connectivity index (χ2v) is 5.22. The van der Waals surface area contributed by atoms with Crippen molar-refractivity contribution < 1.29 is 19.2 Å². The van der Waals surface area contributed by atoms with Crippen LogP contribution >= 0.6 is 11.6 Å². The van der Waals surface area contributed by atoms with Crippen LogP contribution < -0.4 is 0 Å². The highest BCUT2D eigenvalue weighted by Gasteiger charge is 2.28. The highest BCUT2D eigenvalue weighted by molar-refractivity contribution is 6.29. The molecule has 1 fully saturated rings. The number of nitrogens with zero attached hydrogens (tertiary/aromatic N) is 2. The van der Waals surface area contributed by atoms with Gasteiger partial charge in [-0.1, -0.05) is 11.6 Å². The molecule has 7 nitrogen and oxygen atoms in total. The number of carbonyl (C=O) groups excluding carboxylic acids is 1. The smallest absolute Gasteiger partial charge is 0.345 e. The molecule has 1 aromatic rings. The molecule has 0 amide bonds. The Hall–Kier alpha value is -1.73. The van der Waals surface area contributed by atoms with Gasteiger partial charge in [0.15, 0.2) is 0 Å². The molecule has 2 rings (SSSR count). The van der Waals surface area contributed by atoms with E-state index in [2.05, 4.69) is 4.98 Å². The lowest BCUT2D eigenvalue weighted by atomic mass is 9.95. The Morgan fingerprint density at radius 2 is 2.19 bits per heavy atom. The van der Waals surface area contributed by atoms with Crippen LogP contribution in [0.3, 0.4) is 0 Å². The minimum Gasteiger partial charge on any atom is -0.458 e. The summed E-state index contributed by atoms with van der Waals surface area (Å²) in [4.78, 5) is 26.0. The molecule has 0 spiro atoms. The third kappa shape index (κ3) is 3.89. The maximum absolute atomic E-state index is 12.1. The maximum Gasteiger partial charge on any atom is 0.345 e. The van der Waals surface area contributed by atoms with Crippen LogP contribution in [0.15, 0.2) is 12.3 Å². The lowest BCUT2D eigenvalue weighted by molar-refractivity contribution is -0.385. The van der Waals surface area contributed by atoms with Gasteiger partial charge < -0.3 is 9.47 Å². The first-order valence-electron chi connectivity index (χ1n) is 6.55. The summed E-state index contributed by atoms with van der Waals surface area (Å²) < 4.78 is 10.6. The molecule has 0 aromatic carbocycles. The zero-order chi connectivity index (χ0) is 15.4. The molecule has 0 bridgehead atoms. The summed E-state index contributed by atoms with van der Waals surface area (Å²) in [6.45, 7) is 0. The zero-order valence-electron chi connectivity index (χ0n) is 11.5. The van der Waals surface area contributed by atoms with Crippen molar-refractivity contribution in [3.05, 3.63) is 33.1 Å². The van der Waals surface area contributed by atoms with E-state index in [1.54, 1.807) is 7.11 Å². The van der Waals surface area contributed by atoms with Gasteiger partial charge in [-0.05, 0) is 25.3 Å². The molecule has 1 aromatic heterocycles. The minimum atomic E-state index is -0.757. The van der Waals surface area contributed by atoms with E-state index in [0.717, 1.165) is 31.5 Å². The average Bonchev–Trinajstić information content (AvgIpc) is 2.47. The first kappa shape index (κ1) is 15.7. The summed E-state index contributed by atoms with van der Waals surface area (Å²) in [7, 11) is 1.61. The summed E-state index contributed by atoms with van der Waals surface area (Å²) in [5.74, 6) is -0.757. The molecule has 21 heavy (non-hydrogen) atoms. The largest absolute Gasteiger partial charge is 0.458 e. The third-order valence-electron chi connectivity index (χ3n) is 3.45. The monoisotopic (exact) mass is 314 g/mol. The molecular formula is C13H15ClN2O5. The van der Waals surface area contributed by atoms with Crippen LogP contribution in [0.2, 0.25) is 5.15 Å². The fourth-order valence-electron chi connectivity index (χ4n) is 2.37. The van der Waals surface area contributed by atoms with Crippen LogP contribution in [0.5, 0.6) is 0 Å². The van der Waals surface area contributed by atoms with Gasteiger partial charge in [-0.3, -0.25) is 10.1 Å². The Morgan fingerprint density at radius 1 is 1.48 bits per heavy atom. The number of hydrogen-bond acceptors (Lipinski definition) is 6. The van der Waals surface area contributed by atoms with Crippen molar-refractivity contribution in [1.29, 1.82) is 0 Å². The van der Waals surface area contributed by atoms with Crippen molar-refractivity contribution in [3.63, 3.8) is 0 Å². The van der Waals surface area contributed by atoms with E-state index in [9.17, 15) is 14.9 Å². The van der Waals surface area contributed by atoms with Gasteiger partial charge >= 0.3 is 11.7 Å². The predicted molar refractivity (Wildman–Crippen MR) is 74.4 cm³/mol. The van der Waals surface area contributed by atoms with Crippen molar-refractivity contribution in [2.75, 3.05) is 7.11 Å². The van der Waals surface area contributed by atoms with Crippen molar-refractivity contribution in [2.45, 2.75) is 37.9 Å². The Bertz CT molecular complexity index is 551. The van der Waals surface area contributed by atoms with Gasteiger partial charge in [-0.2, -0.15) is 0 Å². The fraction of sp³-hybridized carbons (Fsp3) is 0.538. The zero-order valence-corrected chi connectivity index (χ0v) is 12.2. The van der Waals surface area contributed by atoms with Gasteiger partial charge in [0.25, 0.3) is 0 Å². The van der Waals surface area contributed by atoms with Crippen LogP contribution in [0.4, 0.5) is 5.69 Å². The number of ether oxygens (including phenoxy) is 2. The van der Waals surface area contributed by atoms with E-state index >= 15 is 0 Å². The summed E-state index contributed by atoms with van der Waals surface area (Å²) in [6.07, 6.45) is 3.82. The molecule has 0 radical (unpaired) electrons. The molecule has 1 aliphatic rings. The number of aromatic nitrogens is 1. The van der Waals surface area contributed by atoms with E-state index in [1.807, 2.05) is 0 Å². The minimum absolute atomic E-state index is 0.00552. The first-order chi connectivity index (χ1) is 10.0. The number of pyridine rings is 1. The SMILES string of the molecule is COC1CCCC(OC(=O)c2cc(Cl)ncc2[N+](=O)[O-])C1. The molecule has 2 atom stereocenters. The van der Waals surface area contributed by atoms with Crippen molar-refractivity contribution in [3.8, 4) is 0 Å². The third-order valence-corrected chi connectivity index (χ3v) is 3.66. The molecule has 2 unspecified atom stereocenters. The van der Waals surface area contributed by atoms with Gasteiger partial charge in [0.1, 0.15) is 23.0 Å². The van der Waals surface area contributed by atoms with Crippen molar-refractivity contribution in [2.24, 2.45) is 0 Å². The number of carbonyl (C=O) groups is 1. The molecule has 0 aliphatic heterocycles. The van der Waals surface area contributed by atoms with Crippen LogP contribution in [-0.2, 0) is 9.47 Å². The highest BCUT2D eigenvalue weighted by Crippen LogP contribution is 2.26. The van der Waals surface area contributed by atoms with Gasteiger partial charge in [0.2, 0.25) is 0 Å². The molecule has 0 N–H and O–H groups in total. The van der Waals surface area contributed by atoms with E-state index in [4.69, 9.17) is 21.1 Å². The van der Waals surface area contributed by atoms with Crippen LogP contribution in [0.1, 0.15) is 36.0 Å². The quantitative estimate of drug-likeness (QED) is 0.367. The molecule has 1 heterocycles. The molecule has 0 saturated heterocycles. The van der Waals surface area contributed by atoms with E-state index in [-0.39, 0.29) is 22.9 Å². The molecule has 8 heteroatoms. The number of hydrogen-bond donors (Lipinski definition) is 0. The summed E-state index contributed by atoms with van der Waals surface area (Å²) in [5, 5.41) is 10.9. The summed E-state index contributed by atoms with van der Waals surface area (Å²) >= 11 is 5.69. The predicted octanol–water partition coefficient (Wildman–Crippen LogP) is 2.76. The Labute approximate surface area is 126 Å². The number of esters is 1. The fourth-order valence-corrected chi connectivity index (χ4v) is 2.53. The maximum atomic E-state index is 12.1. The second-order valence-electron chi connectivity index (χ2n) is 4.83. The first-order valence-corrected chi connectivity index (χ1v) is 6.92. The number of halogens is 1. The molecule has 1 aliphatic carbocycles. The molecule has 1 saturated carbocycles. The Kier molecular flexibility index (Phi) is 5.08. The van der Waals surface area contributed by atoms with E-state index < -0.39 is 16.6 Å². The highest BCUT2D eigenvalue weighted by atomic mass is 35.5. The van der Waals surface area contributed by atoms with Gasteiger partial charge in [0, 0.05) is 13.5 Å². The standard InChI is InChI=1S/C13H15ClN2O5/c1-20-8-3-2-4-9(5-8)21-13(17)10-6-12(14)15-7-11(10)16(18)19/h6-9H,2-5H2,1H3. The van der Waals surface area contributed by atoms with Crippen LogP contribution in [0, 0.1) is 10.1 Å². The number of rotatable bonds is 4. The van der Waals surface area contributed by atoms with E-state index in [1.165, 1.54) is 0 Å². The molecular weight excluding hydrogens is 300 g/mol. The Morgan fingerprint density at radius 3 is 2.86 bits per heavy atom. The normalized spacial score (nSPS) is 21.8. The lowest BCUT2D eigenvalue weighted by Crippen LogP contribution is -2.29. The molecule has 114 valence electrons. The van der Waals surface area contributed by atoms with Crippen molar-refractivity contribution in [1.82, 2.24) is 4.98 Å². The summed E-state index contributed by atoms with van der Waals surface area (Å²) in [6, 6.07) is 1.15. The van der Waals surface area contributed by atoms with E-state index in [0.29, 0.717) is 6.42 Å². The van der Waals surface area contributed by atoms with Gasteiger partial charge in [0.05, 0.1) is 11.0 Å². The van der Waals surface area contributed by atoms with Crippen LogP contribution in [0.25, 0.3) is 0 Å². The lowest BCUT2D eigenvalue weighted by Gasteiger charge is -2.27. The van der Waals surface area contributed by atoms with Crippen LogP contribution in [-0.4, -0.2) is 35.2 Å². The Balaban J connectivity index is 2.13. The second kappa shape index (κ2) is 6.82. The average molecular weight is 315 g/mol. The number of nitro groups is 1. The topological polar surface area (TPSA) is 91.6 Å². The van der Waals surface area contributed by atoms with Crippen molar-refractivity contribution >= 4 is 23.3 Å². The van der Waals surface area contributed by atoms with Gasteiger partial charge in [-0.25, -0.2) is 9.78 Å². The summed E-state index contributed by atoms with van der Waals surface area (Å²) in [5.41, 5.74) is -0.594. The van der Waals surface area contributed by atoms with Gasteiger partial charge in [-0.15, -0.1) is 0 Å². The number of methoxy groups -OCH3 is 1.